The lowest BCUT2D eigenvalue weighted by molar-refractivity contribution is -0.120. The van der Waals surface area contributed by atoms with Crippen LogP contribution in [0.5, 0.6) is 11.5 Å². The highest BCUT2D eigenvalue weighted by Gasteiger charge is 2.10. The number of ether oxygens (including phenoxy) is 2. The van der Waals surface area contributed by atoms with Crippen molar-refractivity contribution < 1.29 is 19.1 Å². The van der Waals surface area contributed by atoms with Crippen molar-refractivity contribution in [2.24, 2.45) is 5.10 Å². The molecule has 0 spiro atoms. The van der Waals surface area contributed by atoms with E-state index in [9.17, 15) is 9.59 Å². The van der Waals surface area contributed by atoms with Crippen LogP contribution in [0, 0.1) is 13.8 Å². The molecule has 2 amide bonds. The fourth-order valence-electron chi connectivity index (χ4n) is 3.15. The van der Waals surface area contributed by atoms with Crippen molar-refractivity contribution in [3.8, 4) is 11.5 Å². The number of aryl methyl sites for hydroxylation is 2. The molecule has 0 radical (unpaired) electrons. The maximum Gasteiger partial charge on any atom is 0.262 e. The predicted octanol–water partition coefficient (Wildman–Crippen LogP) is 4.41. The molecule has 0 aliphatic carbocycles. The third-order valence-electron chi connectivity index (χ3n) is 5.03. The Hall–Kier alpha value is -4.13. The van der Waals surface area contributed by atoms with E-state index in [1.54, 1.807) is 18.2 Å². The van der Waals surface area contributed by atoms with E-state index in [1.807, 2.05) is 69.3 Å². The van der Waals surface area contributed by atoms with Crippen molar-refractivity contribution in [1.82, 2.24) is 5.43 Å². The minimum Gasteiger partial charge on any atom is -0.490 e. The molecule has 176 valence electrons. The molecule has 7 heteroatoms. The minimum absolute atomic E-state index is 0.157. The molecule has 0 heterocycles. The van der Waals surface area contributed by atoms with E-state index in [2.05, 4.69) is 15.8 Å². The van der Waals surface area contributed by atoms with Gasteiger partial charge in [0.1, 0.15) is 0 Å². The lowest BCUT2D eigenvalue weighted by Gasteiger charge is -2.13. The predicted molar refractivity (Wildman–Crippen MR) is 134 cm³/mol. The second-order valence-electron chi connectivity index (χ2n) is 7.73. The topological polar surface area (TPSA) is 89.0 Å². The van der Waals surface area contributed by atoms with Gasteiger partial charge in [0.25, 0.3) is 5.91 Å². The van der Waals surface area contributed by atoms with Crippen molar-refractivity contribution in [2.75, 3.05) is 18.5 Å². The first kappa shape index (κ1) is 24.5. The molecule has 0 aromatic heterocycles. The number of hydrazone groups is 1. The number of hydrogen-bond acceptors (Lipinski definition) is 5. The zero-order valence-corrected chi connectivity index (χ0v) is 19.6. The highest BCUT2D eigenvalue weighted by atomic mass is 16.5. The van der Waals surface area contributed by atoms with Gasteiger partial charge in [-0.15, -0.1) is 0 Å². The summed E-state index contributed by atoms with van der Waals surface area (Å²) in [7, 11) is 0. The van der Waals surface area contributed by atoms with E-state index < -0.39 is 0 Å². The molecule has 0 saturated heterocycles. The average Bonchev–Trinajstić information content (AvgIpc) is 2.82. The number of amides is 2. The molecule has 7 nitrogen and oxygen atoms in total. The molecule has 0 fully saturated rings. The average molecular weight is 460 g/mol. The van der Waals surface area contributed by atoms with Gasteiger partial charge in [-0.2, -0.15) is 5.10 Å². The first-order chi connectivity index (χ1) is 16.4. The van der Waals surface area contributed by atoms with Gasteiger partial charge in [-0.1, -0.05) is 36.4 Å². The summed E-state index contributed by atoms with van der Waals surface area (Å²) in [6, 6.07) is 20.4. The molecule has 0 aliphatic heterocycles. The highest BCUT2D eigenvalue weighted by molar-refractivity contribution is 5.92. The minimum atomic E-state index is -0.266. The zero-order valence-electron chi connectivity index (χ0n) is 19.6. The lowest BCUT2D eigenvalue weighted by Crippen LogP contribution is -2.20. The Bertz CT molecular complexity index is 1160. The largest absolute Gasteiger partial charge is 0.490 e. The molecule has 0 saturated carbocycles. The summed E-state index contributed by atoms with van der Waals surface area (Å²) in [6.45, 7) is 6.15. The first-order valence-corrected chi connectivity index (χ1v) is 11.1. The van der Waals surface area contributed by atoms with Gasteiger partial charge in [0.05, 0.1) is 19.2 Å². The van der Waals surface area contributed by atoms with Gasteiger partial charge < -0.3 is 14.8 Å². The molecule has 3 aromatic carbocycles. The molecule has 0 bridgehead atoms. The Morgan fingerprint density at radius 2 is 1.68 bits per heavy atom. The van der Waals surface area contributed by atoms with Gasteiger partial charge in [0, 0.05) is 5.69 Å². The lowest BCUT2D eigenvalue weighted by atomic mass is 10.1. The summed E-state index contributed by atoms with van der Waals surface area (Å²) in [5.74, 6) is 0.461. The van der Waals surface area contributed by atoms with Crippen LogP contribution in [0.1, 0.15) is 29.2 Å². The van der Waals surface area contributed by atoms with Crippen LogP contribution in [0.2, 0.25) is 0 Å². The van der Waals surface area contributed by atoms with Gasteiger partial charge in [-0.25, -0.2) is 5.43 Å². The number of rotatable bonds is 10. The highest BCUT2D eigenvalue weighted by Crippen LogP contribution is 2.28. The maximum absolute atomic E-state index is 12.3. The Morgan fingerprint density at radius 1 is 0.882 bits per heavy atom. The number of benzene rings is 3. The van der Waals surface area contributed by atoms with E-state index in [0.29, 0.717) is 18.1 Å². The van der Waals surface area contributed by atoms with Gasteiger partial charge in [-0.05, 0) is 73.4 Å². The number of carbonyl (C=O) groups excluding carboxylic acids is 2. The molecule has 0 aliphatic rings. The fourth-order valence-corrected chi connectivity index (χ4v) is 3.15. The number of hydrogen-bond donors (Lipinski definition) is 2. The van der Waals surface area contributed by atoms with Gasteiger partial charge >= 0.3 is 0 Å². The van der Waals surface area contributed by atoms with Gasteiger partial charge in [0.15, 0.2) is 18.1 Å². The Kier molecular flexibility index (Phi) is 8.80. The number of nitrogens with one attached hydrogen (secondary N) is 2. The molecule has 3 aromatic rings. The van der Waals surface area contributed by atoms with Crippen molar-refractivity contribution in [3.63, 3.8) is 0 Å². The molecule has 34 heavy (non-hydrogen) atoms. The third kappa shape index (κ3) is 7.48. The molecular formula is C27H29N3O4. The summed E-state index contributed by atoms with van der Waals surface area (Å²) in [6.07, 6.45) is 1.78. The van der Waals surface area contributed by atoms with Crippen LogP contribution < -0.4 is 20.2 Å². The number of nitrogens with zero attached hydrogens (tertiary/aromatic N) is 1. The third-order valence-corrected chi connectivity index (χ3v) is 5.03. The Balaban J connectivity index is 1.56. The van der Waals surface area contributed by atoms with E-state index in [4.69, 9.17) is 9.47 Å². The second-order valence-corrected chi connectivity index (χ2v) is 7.73. The van der Waals surface area contributed by atoms with Crippen LogP contribution in [0.25, 0.3) is 0 Å². The van der Waals surface area contributed by atoms with E-state index >= 15 is 0 Å². The molecule has 2 N–H and O–H groups in total. The van der Waals surface area contributed by atoms with E-state index in [0.717, 1.165) is 27.9 Å². The van der Waals surface area contributed by atoms with Crippen LogP contribution in [0.15, 0.2) is 71.8 Å². The fraction of sp³-hybridized carbons (Fsp3) is 0.222. The summed E-state index contributed by atoms with van der Waals surface area (Å²) < 4.78 is 11.3. The Labute approximate surface area is 199 Å². The molecular weight excluding hydrogens is 430 g/mol. The monoisotopic (exact) mass is 459 g/mol. The van der Waals surface area contributed by atoms with Crippen molar-refractivity contribution in [3.05, 3.63) is 89.0 Å². The summed E-state index contributed by atoms with van der Waals surface area (Å²) >= 11 is 0. The standard InChI is InChI=1S/C27H29N3O4/c1-4-33-25-15-22(17-28-30-26(31)16-21-8-6-5-7-9-21)11-13-24(25)34-18-27(32)29-23-12-10-19(2)20(3)14-23/h5-15,17H,4,16,18H2,1-3H3,(H,29,32)(H,30,31)/b28-17+. The normalized spacial score (nSPS) is 10.7. The summed E-state index contributed by atoms with van der Waals surface area (Å²) in [4.78, 5) is 24.3. The van der Waals surface area contributed by atoms with Crippen molar-refractivity contribution in [2.45, 2.75) is 27.2 Å². The Morgan fingerprint density at radius 3 is 2.41 bits per heavy atom. The van der Waals surface area contributed by atoms with Crippen LogP contribution in [0.3, 0.4) is 0 Å². The van der Waals surface area contributed by atoms with Crippen LogP contribution in [-0.4, -0.2) is 31.2 Å². The quantitative estimate of drug-likeness (QED) is 0.347. The summed E-state index contributed by atoms with van der Waals surface area (Å²) in [5, 5.41) is 6.85. The molecule has 3 rings (SSSR count). The van der Waals surface area contributed by atoms with Gasteiger partial charge in [0.2, 0.25) is 5.91 Å². The molecule has 0 unspecified atom stereocenters. The number of carbonyl (C=O) groups is 2. The zero-order chi connectivity index (χ0) is 24.3. The van der Waals surface area contributed by atoms with Crippen molar-refractivity contribution >= 4 is 23.7 Å². The van der Waals surface area contributed by atoms with Crippen LogP contribution in [-0.2, 0) is 16.0 Å². The second kappa shape index (κ2) is 12.2. The SMILES string of the molecule is CCOc1cc(/C=N/NC(=O)Cc2ccccc2)ccc1OCC(=O)Nc1ccc(C)c(C)c1. The van der Waals surface area contributed by atoms with E-state index in [-0.39, 0.29) is 24.8 Å². The van der Waals surface area contributed by atoms with Crippen molar-refractivity contribution in [1.29, 1.82) is 0 Å². The van der Waals surface area contributed by atoms with Gasteiger partial charge in [-0.3, -0.25) is 9.59 Å². The summed E-state index contributed by atoms with van der Waals surface area (Å²) in [5.41, 5.74) is 7.14. The molecule has 0 atom stereocenters. The van der Waals surface area contributed by atoms with Crippen LogP contribution in [0.4, 0.5) is 5.69 Å². The van der Waals surface area contributed by atoms with E-state index in [1.165, 1.54) is 6.21 Å². The smallest absolute Gasteiger partial charge is 0.262 e. The number of anilines is 1. The first-order valence-electron chi connectivity index (χ1n) is 11.1. The van der Waals surface area contributed by atoms with Crippen LogP contribution >= 0.6 is 0 Å². The maximum atomic E-state index is 12.3.